The summed E-state index contributed by atoms with van der Waals surface area (Å²) in [5.41, 5.74) is 3.79. The van der Waals surface area contributed by atoms with Gasteiger partial charge in [-0.3, -0.25) is 9.69 Å². The summed E-state index contributed by atoms with van der Waals surface area (Å²) in [4.78, 5) is 25.6. The Morgan fingerprint density at radius 1 is 0.786 bits per heavy atom. The molecule has 5 rings (SSSR count). The van der Waals surface area contributed by atoms with Gasteiger partial charge < -0.3 is 15.5 Å². The number of pyridine rings is 2. The van der Waals surface area contributed by atoms with Gasteiger partial charge in [0.2, 0.25) is 6.41 Å². The molecule has 220 valence electrons. The maximum absolute atomic E-state index is 12.6. The van der Waals surface area contributed by atoms with E-state index in [4.69, 9.17) is 23.2 Å². The molecule has 0 spiro atoms. The topological polar surface area (TPSA) is 73.4 Å². The normalized spacial score (nSPS) is 14.7. The Labute approximate surface area is 263 Å². The van der Waals surface area contributed by atoms with Crippen LogP contribution in [-0.4, -0.2) is 51.9 Å². The first-order valence-electron chi connectivity index (χ1n) is 13.7. The predicted octanol–water partition coefficient (Wildman–Crippen LogP) is 6.86. The molecule has 1 saturated heterocycles. The summed E-state index contributed by atoms with van der Waals surface area (Å²) in [5.74, 6) is 1.53. The number of nitrogens with zero attached hydrogens (tertiary/aromatic N) is 4. The van der Waals surface area contributed by atoms with E-state index in [9.17, 15) is 4.79 Å². The Balaban J connectivity index is 0.00000405. The minimum absolute atomic E-state index is 0. The molecule has 2 N–H and O–H groups in total. The smallest absolute Gasteiger partial charge is 0.210 e. The molecule has 0 atom stereocenters. The van der Waals surface area contributed by atoms with Gasteiger partial charge in [-0.2, -0.15) is 0 Å². The molecule has 10 heteroatoms. The molecular weight excluding hydrogens is 591 g/mol. The van der Waals surface area contributed by atoms with Crippen molar-refractivity contribution >= 4 is 53.7 Å². The number of amides is 1. The van der Waals surface area contributed by atoms with Crippen LogP contribution in [-0.2, 0) is 23.4 Å². The molecule has 3 heterocycles. The molecule has 7 nitrogen and oxygen atoms in total. The zero-order chi connectivity index (χ0) is 28.8. The highest BCUT2D eigenvalue weighted by molar-refractivity contribution is 6.30. The van der Waals surface area contributed by atoms with Crippen molar-refractivity contribution in [1.82, 2.24) is 19.8 Å². The first-order valence-corrected chi connectivity index (χ1v) is 14.5. The van der Waals surface area contributed by atoms with Crippen molar-refractivity contribution < 1.29 is 4.79 Å². The third-order valence-electron chi connectivity index (χ3n) is 7.67. The molecule has 1 fully saturated rings. The number of nitrogens with one attached hydrogen (secondary N) is 2. The molecule has 0 saturated carbocycles. The van der Waals surface area contributed by atoms with Gasteiger partial charge in [0.1, 0.15) is 17.2 Å². The minimum Gasteiger partial charge on any atom is -0.366 e. The third kappa shape index (κ3) is 7.16. The average molecular weight is 626 g/mol. The van der Waals surface area contributed by atoms with Crippen molar-refractivity contribution in [2.75, 3.05) is 30.3 Å². The molecule has 42 heavy (non-hydrogen) atoms. The quantitative estimate of drug-likeness (QED) is 0.188. The van der Waals surface area contributed by atoms with E-state index in [2.05, 4.69) is 87.9 Å². The molecule has 0 unspecified atom stereocenters. The Hall–Kier alpha value is -3.36. The lowest BCUT2D eigenvalue weighted by Gasteiger charge is -2.51. The standard InChI is InChI=1S/C32H34Cl2N6O.ClH/c1-23(2)39-15-16-40(22-41)32(21-39,26-7-3-24(4-8-26)17-35-30-13-11-28(33)19-37-30)27-9-5-25(6-10-27)18-36-31-14-12-29(34)20-38-31;/h3-14,19-20,22-23H,15-18,21H2,1-2H3,(H,35,37)(H,36,38);1H. The Bertz CT molecular complexity index is 1340. The van der Waals surface area contributed by atoms with E-state index in [-0.39, 0.29) is 12.4 Å². The lowest BCUT2D eigenvalue weighted by Crippen LogP contribution is -2.61. The van der Waals surface area contributed by atoms with Crippen LogP contribution in [0.1, 0.15) is 36.1 Å². The highest BCUT2D eigenvalue weighted by atomic mass is 35.5. The van der Waals surface area contributed by atoms with Gasteiger partial charge in [0.05, 0.1) is 10.0 Å². The van der Waals surface area contributed by atoms with E-state index in [0.717, 1.165) is 46.8 Å². The minimum atomic E-state index is -0.613. The van der Waals surface area contributed by atoms with E-state index >= 15 is 0 Å². The first-order chi connectivity index (χ1) is 19.9. The second-order valence-corrected chi connectivity index (χ2v) is 11.4. The van der Waals surface area contributed by atoms with Crippen LogP contribution in [0.15, 0.2) is 85.2 Å². The zero-order valence-electron chi connectivity index (χ0n) is 23.6. The number of piperazine rings is 1. The SMILES string of the molecule is CC(C)N1CCN(C=O)C(c2ccc(CNc3ccc(Cl)cn3)cc2)(c2ccc(CNc3ccc(Cl)cn3)cc2)C1.Cl. The summed E-state index contributed by atoms with van der Waals surface area (Å²) in [7, 11) is 0. The predicted molar refractivity (Wildman–Crippen MR) is 174 cm³/mol. The van der Waals surface area contributed by atoms with Crippen LogP contribution in [0.4, 0.5) is 11.6 Å². The van der Waals surface area contributed by atoms with Crippen LogP contribution in [0.3, 0.4) is 0 Å². The molecule has 1 aliphatic rings. The molecule has 0 radical (unpaired) electrons. The van der Waals surface area contributed by atoms with Crippen LogP contribution in [0.25, 0.3) is 0 Å². The number of aromatic nitrogens is 2. The lowest BCUT2D eigenvalue weighted by atomic mass is 9.78. The van der Waals surface area contributed by atoms with Gasteiger partial charge >= 0.3 is 0 Å². The van der Waals surface area contributed by atoms with Crippen molar-refractivity contribution in [2.45, 2.75) is 38.5 Å². The van der Waals surface area contributed by atoms with E-state index < -0.39 is 5.54 Å². The molecule has 0 aliphatic carbocycles. The molecule has 1 amide bonds. The maximum Gasteiger partial charge on any atom is 0.210 e. The van der Waals surface area contributed by atoms with Gasteiger partial charge in [-0.1, -0.05) is 71.7 Å². The highest BCUT2D eigenvalue weighted by Crippen LogP contribution is 2.39. The van der Waals surface area contributed by atoms with Crippen molar-refractivity contribution in [2.24, 2.45) is 0 Å². The number of carbonyl (C=O) groups is 1. The van der Waals surface area contributed by atoms with Crippen LogP contribution in [0, 0.1) is 0 Å². The number of benzene rings is 2. The van der Waals surface area contributed by atoms with Crippen molar-refractivity contribution in [3.8, 4) is 0 Å². The van der Waals surface area contributed by atoms with Gasteiger partial charge in [0.15, 0.2) is 0 Å². The Morgan fingerprint density at radius 2 is 1.26 bits per heavy atom. The Morgan fingerprint density at radius 3 is 1.64 bits per heavy atom. The second-order valence-electron chi connectivity index (χ2n) is 10.5. The number of halogens is 3. The fourth-order valence-electron chi connectivity index (χ4n) is 5.30. The van der Waals surface area contributed by atoms with Gasteiger partial charge in [-0.15, -0.1) is 12.4 Å². The zero-order valence-corrected chi connectivity index (χ0v) is 26.0. The number of anilines is 2. The van der Waals surface area contributed by atoms with Crippen LogP contribution >= 0.6 is 35.6 Å². The first kappa shape index (κ1) is 31.6. The van der Waals surface area contributed by atoms with Gasteiger partial charge in [-0.25, -0.2) is 9.97 Å². The average Bonchev–Trinajstić information content (AvgIpc) is 3.00. The van der Waals surface area contributed by atoms with Gasteiger partial charge in [0, 0.05) is 51.2 Å². The van der Waals surface area contributed by atoms with E-state index in [1.807, 2.05) is 29.2 Å². The van der Waals surface area contributed by atoms with Crippen LogP contribution < -0.4 is 10.6 Å². The number of hydrogen-bond donors (Lipinski definition) is 2. The summed E-state index contributed by atoms with van der Waals surface area (Å²) < 4.78 is 0. The molecule has 1 aliphatic heterocycles. The fraction of sp³-hybridized carbons (Fsp3) is 0.281. The van der Waals surface area contributed by atoms with Crippen molar-refractivity contribution in [3.05, 3.63) is 117 Å². The van der Waals surface area contributed by atoms with Crippen molar-refractivity contribution in [3.63, 3.8) is 0 Å². The second kappa shape index (κ2) is 14.2. The lowest BCUT2D eigenvalue weighted by molar-refractivity contribution is -0.127. The van der Waals surface area contributed by atoms with E-state index in [1.165, 1.54) is 0 Å². The van der Waals surface area contributed by atoms with Gasteiger partial charge in [0.25, 0.3) is 0 Å². The largest absolute Gasteiger partial charge is 0.366 e. The molecule has 4 aromatic rings. The van der Waals surface area contributed by atoms with Gasteiger partial charge in [-0.05, 0) is 60.4 Å². The third-order valence-corrected chi connectivity index (χ3v) is 8.12. The summed E-state index contributed by atoms with van der Waals surface area (Å²) >= 11 is 11.9. The molecule has 0 bridgehead atoms. The summed E-state index contributed by atoms with van der Waals surface area (Å²) in [5, 5.41) is 7.90. The van der Waals surface area contributed by atoms with Crippen LogP contribution in [0.2, 0.25) is 10.0 Å². The summed E-state index contributed by atoms with van der Waals surface area (Å²) in [6.07, 6.45) is 4.26. The molecular formula is C32H35Cl3N6O. The summed E-state index contributed by atoms with van der Waals surface area (Å²) in [6, 6.07) is 24.8. The fourth-order valence-corrected chi connectivity index (χ4v) is 5.52. The Kier molecular flexibility index (Phi) is 10.7. The van der Waals surface area contributed by atoms with E-state index in [1.54, 1.807) is 12.4 Å². The molecule has 2 aromatic carbocycles. The maximum atomic E-state index is 12.6. The monoisotopic (exact) mass is 624 g/mol. The number of hydrogen-bond acceptors (Lipinski definition) is 6. The summed E-state index contributed by atoms with van der Waals surface area (Å²) in [6.45, 7) is 7.87. The number of rotatable bonds is 10. The highest BCUT2D eigenvalue weighted by Gasteiger charge is 2.44. The van der Waals surface area contributed by atoms with E-state index in [0.29, 0.717) is 42.3 Å². The van der Waals surface area contributed by atoms with Crippen molar-refractivity contribution in [1.29, 1.82) is 0 Å². The molecule has 2 aromatic heterocycles. The number of carbonyl (C=O) groups excluding carboxylic acids is 1. The van der Waals surface area contributed by atoms with Crippen LogP contribution in [0.5, 0.6) is 0 Å².